The number of hydrogen-bond acceptors (Lipinski definition) is 3. The van der Waals surface area contributed by atoms with Crippen molar-refractivity contribution in [3.63, 3.8) is 0 Å². The second-order valence-corrected chi connectivity index (χ2v) is 7.25. The number of rotatable bonds is 4. The third kappa shape index (κ3) is 3.60. The highest BCUT2D eigenvalue weighted by Gasteiger charge is 2.34. The molecule has 1 amide bonds. The third-order valence-corrected chi connectivity index (χ3v) is 5.33. The number of hydrogen-bond donors (Lipinski definition) is 0. The van der Waals surface area contributed by atoms with Gasteiger partial charge >= 0.3 is 0 Å². The number of fused-ring (bicyclic) bond motifs is 1. The van der Waals surface area contributed by atoms with Gasteiger partial charge in [0, 0.05) is 50.3 Å². The van der Waals surface area contributed by atoms with Crippen molar-refractivity contribution in [3.05, 3.63) is 17.5 Å². The molecule has 23 heavy (non-hydrogen) atoms. The van der Waals surface area contributed by atoms with Gasteiger partial charge in [0.05, 0.1) is 12.3 Å². The zero-order chi connectivity index (χ0) is 16.4. The Kier molecular flexibility index (Phi) is 5.05. The minimum absolute atomic E-state index is 0.200. The summed E-state index contributed by atoms with van der Waals surface area (Å²) in [6.45, 7) is 7.10. The lowest BCUT2D eigenvalue weighted by Crippen LogP contribution is -2.43. The molecule has 1 saturated carbocycles. The molecule has 1 fully saturated rings. The van der Waals surface area contributed by atoms with Crippen LogP contribution in [0.3, 0.4) is 0 Å². The topological polar surface area (TPSA) is 47.4 Å². The molecule has 5 nitrogen and oxygen atoms in total. The Bertz CT molecular complexity index is 546. The van der Waals surface area contributed by atoms with E-state index in [4.69, 9.17) is 4.74 Å². The molecule has 0 N–H and O–H groups in total. The highest BCUT2D eigenvalue weighted by molar-refractivity contribution is 5.79. The van der Waals surface area contributed by atoms with Crippen LogP contribution in [0.1, 0.15) is 56.7 Å². The van der Waals surface area contributed by atoms with Crippen molar-refractivity contribution in [2.45, 2.75) is 52.0 Å². The number of aryl methyl sites for hydroxylation is 1. The SMILES string of the molecule is CCOCC1CN(C(=O)C2CCC(C)CC2)Cc2cn(C)nc21. The lowest BCUT2D eigenvalue weighted by atomic mass is 9.82. The fourth-order valence-corrected chi connectivity index (χ4v) is 3.97. The molecule has 0 saturated heterocycles. The van der Waals surface area contributed by atoms with Gasteiger partial charge in [-0.05, 0) is 38.5 Å². The highest BCUT2D eigenvalue weighted by Crippen LogP contribution is 2.33. The lowest BCUT2D eigenvalue weighted by Gasteiger charge is -2.36. The molecule has 3 rings (SSSR count). The summed E-state index contributed by atoms with van der Waals surface area (Å²) < 4.78 is 7.50. The molecule has 1 aliphatic heterocycles. The van der Waals surface area contributed by atoms with Gasteiger partial charge in [0.1, 0.15) is 0 Å². The van der Waals surface area contributed by atoms with Crippen molar-refractivity contribution in [3.8, 4) is 0 Å². The van der Waals surface area contributed by atoms with Crippen LogP contribution < -0.4 is 0 Å². The number of carbonyl (C=O) groups is 1. The lowest BCUT2D eigenvalue weighted by molar-refractivity contribution is -0.138. The Morgan fingerprint density at radius 3 is 2.78 bits per heavy atom. The number of carbonyl (C=O) groups excluding carboxylic acids is 1. The predicted molar refractivity (Wildman–Crippen MR) is 89.0 cm³/mol. The first-order chi connectivity index (χ1) is 11.1. The molecule has 0 aromatic carbocycles. The van der Waals surface area contributed by atoms with Gasteiger partial charge in [-0.2, -0.15) is 5.10 Å². The first-order valence-corrected chi connectivity index (χ1v) is 8.97. The van der Waals surface area contributed by atoms with Crippen LogP contribution in [0.5, 0.6) is 0 Å². The van der Waals surface area contributed by atoms with E-state index >= 15 is 0 Å². The molecule has 2 aliphatic rings. The number of ether oxygens (including phenoxy) is 1. The number of aromatic nitrogens is 2. The molecule has 0 spiro atoms. The molecule has 0 bridgehead atoms. The largest absolute Gasteiger partial charge is 0.381 e. The highest BCUT2D eigenvalue weighted by atomic mass is 16.5. The standard InChI is InChI=1S/C18H29N3O2/c1-4-23-12-16-11-21(10-15-9-20(3)19-17(15)16)18(22)14-7-5-13(2)6-8-14/h9,13-14,16H,4-8,10-12H2,1-3H3. The Labute approximate surface area is 139 Å². The summed E-state index contributed by atoms with van der Waals surface area (Å²) in [6, 6.07) is 0. The van der Waals surface area contributed by atoms with Crippen LogP contribution in [-0.2, 0) is 23.1 Å². The van der Waals surface area contributed by atoms with E-state index in [-0.39, 0.29) is 11.8 Å². The smallest absolute Gasteiger partial charge is 0.226 e. The predicted octanol–water partition coefficient (Wildman–Crippen LogP) is 2.71. The van der Waals surface area contributed by atoms with E-state index in [1.807, 2.05) is 23.6 Å². The van der Waals surface area contributed by atoms with E-state index in [9.17, 15) is 4.79 Å². The van der Waals surface area contributed by atoms with E-state index in [1.165, 1.54) is 18.4 Å². The molecule has 5 heteroatoms. The maximum Gasteiger partial charge on any atom is 0.226 e. The summed E-state index contributed by atoms with van der Waals surface area (Å²) in [5.74, 6) is 1.53. The van der Waals surface area contributed by atoms with E-state index in [2.05, 4.69) is 18.2 Å². The molecule has 1 aromatic rings. The third-order valence-electron chi connectivity index (χ3n) is 5.33. The van der Waals surface area contributed by atoms with Crippen molar-refractivity contribution in [1.82, 2.24) is 14.7 Å². The van der Waals surface area contributed by atoms with Crippen LogP contribution >= 0.6 is 0 Å². The van der Waals surface area contributed by atoms with Crippen LogP contribution in [0.15, 0.2) is 6.20 Å². The normalized spacial score (nSPS) is 27.8. The zero-order valence-corrected chi connectivity index (χ0v) is 14.6. The number of nitrogens with zero attached hydrogens (tertiary/aromatic N) is 3. The van der Waals surface area contributed by atoms with Crippen molar-refractivity contribution >= 4 is 5.91 Å². The second-order valence-electron chi connectivity index (χ2n) is 7.25. The number of amides is 1. The van der Waals surface area contributed by atoms with Crippen molar-refractivity contribution < 1.29 is 9.53 Å². The van der Waals surface area contributed by atoms with Crippen molar-refractivity contribution in [2.24, 2.45) is 18.9 Å². The first-order valence-electron chi connectivity index (χ1n) is 8.97. The summed E-state index contributed by atoms with van der Waals surface area (Å²) in [6.07, 6.45) is 6.52. The van der Waals surface area contributed by atoms with Gasteiger partial charge in [0.2, 0.25) is 5.91 Å². The molecule has 1 unspecified atom stereocenters. The Morgan fingerprint density at radius 1 is 1.35 bits per heavy atom. The minimum atomic E-state index is 0.200. The molecular weight excluding hydrogens is 290 g/mol. The van der Waals surface area contributed by atoms with Crippen LogP contribution in [0, 0.1) is 11.8 Å². The average molecular weight is 319 g/mol. The summed E-state index contributed by atoms with van der Waals surface area (Å²) in [7, 11) is 1.95. The van der Waals surface area contributed by atoms with Crippen molar-refractivity contribution in [1.29, 1.82) is 0 Å². The van der Waals surface area contributed by atoms with E-state index in [1.54, 1.807) is 0 Å². The van der Waals surface area contributed by atoms with Gasteiger partial charge in [-0.15, -0.1) is 0 Å². The maximum absolute atomic E-state index is 13.0. The van der Waals surface area contributed by atoms with Gasteiger partial charge < -0.3 is 9.64 Å². The monoisotopic (exact) mass is 319 g/mol. The molecule has 2 heterocycles. The van der Waals surface area contributed by atoms with Crippen LogP contribution in [-0.4, -0.2) is 40.3 Å². The summed E-state index contributed by atoms with van der Waals surface area (Å²) in [4.78, 5) is 15.0. The second kappa shape index (κ2) is 7.04. The van der Waals surface area contributed by atoms with Gasteiger partial charge in [0.15, 0.2) is 0 Å². The summed E-state index contributed by atoms with van der Waals surface area (Å²) in [5, 5.41) is 4.60. The Morgan fingerprint density at radius 2 is 2.09 bits per heavy atom. The van der Waals surface area contributed by atoms with Crippen molar-refractivity contribution in [2.75, 3.05) is 19.8 Å². The molecule has 128 valence electrons. The fraction of sp³-hybridized carbons (Fsp3) is 0.778. The summed E-state index contributed by atoms with van der Waals surface area (Å²) >= 11 is 0. The molecule has 1 aromatic heterocycles. The Balaban J connectivity index is 1.72. The molecule has 0 radical (unpaired) electrons. The van der Waals surface area contributed by atoms with E-state index in [0.717, 1.165) is 31.0 Å². The van der Waals surface area contributed by atoms with E-state index in [0.29, 0.717) is 25.7 Å². The first kappa shape index (κ1) is 16.5. The van der Waals surface area contributed by atoms with Gasteiger partial charge in [-0.25, -0.2) is 0 Å². The van der Waals surface area contributed by atoms with E-state index < -0.39 is 0 Å². The Hall–Kier alpha value is -1.36. The zero-order valence-electron chi connectivity index (χ0n) is 14.6. The van der Waals surface area contributed by atoms with Gasteiger partial charge in [0.25, 0.3) is 0 Å². The molecular formula is C18H29N3O2. The van der Waals surface area contributed by atoms with Crippen LogP contribution in [0.25, 0.3) is 0 Å². The molecule has 1 atom stereocenters. The maximum atomic E-state index is 13.0. The fourth-order valence-electron chi connectivity index (χ4n) is 3.97. The molecule has 1 aliphatic carbocycles. The van der Waals surface area contributed by atoms with Gasteiger partial charge in [-0.3, -0.25) is 9.48 Å². The quantitative estimate of drug-likeness (QED) is 0.857. The minimum Gasteiger partial charge on any atom is -0.381 e. The average Bonchev–Trinajstić information content (AvgIpc) is 2.92. The van der Waals surface area contributed by atoms with Gasteiger partial charge in [-0.1, -0.05) is 6.92 Å². The summed E-state index contributed by atoms with van der Waals surface area (Å²) in [5.41, 5.74) is 2.29. The van der Waals surface area contributed by atoms with Crippen LogP contribution in [0.2, 0.25) is 0 Å². The van der Waals surface area contributed by atoms with Crippen LogP contribution in [0.4, 0.5) is 0 Å².